The standard InChI is InChI=1S/C14H12N4O2/c1-8-2-5-11(14(19)20)13(16-8)17-10-4-3-9-7-15-18-12(9)6-10/h2-7H,1H3,(H,15,18)(H,16,17)(H,19,20). The topological polar surface area (TPSA) is 90.9 Å². The Balaban J connectivity index is 2.01. The van der Waals surface area contributed by atoms with Crippen LogP contribution in [0, 0.1) is 6.92 Å². The molecule has 3 N–H and O–H groups in total. The number of hydrogen-bond acceptors (Lipinski definition) is 4. The van der Waals surface area contributed by atoms with Crippen molar-refractivity contribution in [1.82, 2.24) is 15.2 Å². The lowest BCUT2D eigenvalue weighted by Gasteiger charge is -2.09. The first kappa shape index (κ1) is 12.2. The number of nitrogens with one attached hydrogen (secondary N) is 2. The van der Waals surface area contributed by atoms with Gasteiger partial charge in [-0.05, 0) is 37.3 Å². The maximum Gasteiger partial charge on any atom is 0.339 e. The number of nitrogens with zero attached hydrogens (tertiary/aromatic N) is 2. The molecule has 0 unspecified atom stereocenters. The summed E-state index contributed by atoms with van der Waals surface area (Å²) >= 11 is 0. The number of aromatic carboxylic acids is 1. The van der Waals surface area contributed by atoms with Gasteiger partial charge in [0.1, 0.15) is 11.4 Å². The zero-order valence-corrected chi connectivity index (χ0v) is 10.7. The van der Waals surface area contributed by atoms with Crippen LogP contribution in [-0.2, 0) is 0 Å². The average molecular weight is 268 g/mol. The van der Waals surface area contributed by atoms with Crippen molar-refractivity contribution in [2.45, 2.75) is 6.92 Å². The van der Waals surface area contributed by atoms with E-state index in [4.69, 9.17) is 0 Å². The van der Waals surface area contributed by atoms with Crippen molar-refractivity contribution >= 4 is 28.4 Å². The van der Waals surface area contributed by atoms with E-state index in [1.54, 1.807) is 18.3 Å². The molecule has 0 fully saturated rings. The van der Waals surface area contributed by atoms with E-state index in [9.17, 15) is 9.90 Å². The van der Waals surface area contributed by atoms with Crippen molar-refractivity contribution in [3.63, 3.8) is 0 Å². The van der Waals surface area contributed by atoms with Gasteiger partial charge in [0.15, 0.2) is 0 Å². The highest BCUT2D eigenvalue weighted by Crippen LogP contribution is 2.22. The molecule has 2 heterocycles. The largest absolute Gasteiger partial charge is 0.478 e. The Morgan fingerprint density at radius 1 is 1.30 bits per heavy atom. The molecule has 3 aromatic rings. The molecule has 100 valence electrons. The van der Waals surface area contributed by atoms with Crippen molar-refractivity contribution in [2.75, 3.05) is 5.32 Å². The van der Waals surface area contributed by atoms with Crippen molar-refractivity contribution in [2.24, 2.45) is 0 Å². The Morgan fingerprint density at radius 2 is 2.15 bits per heavy atom. The molecule has 0 aliphatic heterocycles. The van der Waals surface area contributed by atoms with Crippen molar-refractivity contribution < 1.29 is 9.90 Å². The quantitative estimate of drug-likeness (QED) is 0.679. The minimum absolute atomic E-state index is 0.139. The van der Waals surface area contributed by atoms with Crippen LogP contribution in [0.5, 0.6) is 0 Å². The van der Waals surface area contributed by atoms with Gasteiger partial charge in [0.05, 0.1) is 11.7 Å². The number of H-pyrrole nitrogens is 1. The Hall–Kier alpha value is -2.89. The fourth-order valence-electron chi connectivity index (χ4n) is 1.98. The average Bonchev–Trinajstić information content (AvgIpc) is 2.85. The summed E-state index contributed by atoms with van der Waals surface area (Å²) in [5.41, 5.74) is 2.52. The zero-order chi connectivity index (χ0) is 14.1. The molecular weight excluding hydrogens is 256 g/mol. The number of benzene rings is 1. The van der Waals surface area contributed by atoms with Crippen LogP contribution in [0.15, 0.2) is 36.5 Å². The van der Waals surface area contributed by atoms with Gasteiger partial charge < -0.3 is 10.4 Å². The van der Waals surface area contributed by atoms with E-state index in [-0.39, 0.29) is 5.56 Å². The van der Waals surface area contributed by atoms with E-state index in [2.05, 4.69) is 20.5 Å². The van der Waals surface area contributed by atoms with Gasteiger partial charge in [-0.2, -0.15) is 5.10 Å². The van der Waals surface area contributed by atoms with Crippen molar-refractivity contribution in [3.05, 3.63) is 47.8 Å². The molecule has 0 spiro atoms. The fraction of sp³-hybridized carbons (Fsp3) is 0.0714. The number of aromatic nitrogens is 3. The molecule has 0 radical (unpaired) electrons. The van der Waals surface area contributed by atoms with E-state index in [1.807, 2.05) is 25.1 Å². The second kappa shape index (κ2) is 4.65. The summed E-state index contributed by atoms with van der Waals surface area (Å²) in [6.45, 7) is 1.81. The van der Waals surface area contributed by atoms with Crippen molar-refractivity contribution in [3.8, 4) is 0 Å². The van der Waals surface area contributed by atoms with Gasteiger partial charge >= 0.3 is 5.97 Å². The lowest BCUT2D eigenvalue weighted by atomic mass is 10.2. The van der Waals surface area contributed by atoms with Gasteiger partial charge in [-0.25, -0.2) is 9.78 Å². The van der Waals surface area contributed by atoms with Gasteiger partial charge in [0.2, 0.25) is 0 Å². The second-order valence-corrected chi connectivity index (χ2v) is 4.45. The lowest BCUT2D eigenvalue weighted by Crippen LogP contribution is -2.05. The number of hydrogen-bond donors (Lipinski definition) is 3. The summed E-state index contributed by atoms with van der Waals surface area (Å²) in [5, 5.41) is 20.0. The lowest BCUT2D eigenvalue weighted by molar-refractivity contribution is 0.0697. The molecule has 0 bridgehead atoms. The summed E-state index contributed by atoms with van der Waals surface area (Å²) in [4.78, 5) is 15.4. The highest BCUT2D eigenvalue weighted by Gasteiger charge is 2.12. The first-order chi connectivity index (χ1) is 9.63. The maximum absolute atomic E-state index is 11.2. The summed E-state index contributed by atoms with van der Waals surface area (Å²) in [6.07, 6.45) is 1.73. The van der Waals surface area contributed by atoms with Gasteiger partial charge in [-0.15, -0.1) is 0 Å². The number of aryl methyl sites for hydroxylation is 1. The predicted octanol–water partition coefficient (Wildman–Crippen LogP) is 2.71. The second-order valence-electron chi connectivity index (χ2n) is 4.45. The Morgan fingerprint density at radius 3 is 2.95 bits per heavy atom. The van der Waals surface area contributed by atoms with Crippen LogP contribution in [0.1, 0.15) is 16.1 Å². The van der Waals surface area contributed by atoms with E-state index >= 15 is 0 Å². The van der Waals surface area contributed by atoms with Gasteiger partial charge in [0.25, 0.3) is 0 Å². The fourth-order valence-corrected chi connectivity index (χ4v) is 1.98. The molecule has 6 nitrogen and oxygen atoms in total. The van der Waals surface area contributed by atoms with Crippen LogP contribution in [0.3, 0.4) is 0 Å². The maximum atomic E-state index is 11.2. The zero-order valence-electron chi connectivity index (χ0n) is 10.7. The Bertz CT molecular complexity index is 795. The normalized spacial score (nSPS) is 10.7. The molecule has 6 heteroatoms. The summed E-state index contributed by atoms with van der Waals surface area (Å²) in [6, 6.07) is 8.83. The third-order valence-electron chi connectivity index (χ3n) is 2.97. The third-order valence-corrected chi connectivity index (χ3v) is 2.97. The van der Waals surface area contributed by atoms with Crippen LogP contribution in [-0.4, -0.2) is 26.3 Å². The van der Waals surface area contributed by atoms with Gasteiger partial charge in [-0.3, -0.25) is 5.10 Å². The number of anilines is 2. The molecule has 0 aliphatic rings. The molecule has 3 rings (SSSR count). The Kier molecular flexibility index (Phi) is 2.83. The number of fused-ring (bicyclic) bond motifs is 1. The van der Waals surface area contributed by atoms with Crippen LogP contribution in [0.4, 0.5) is 11.5 Å². The summed E-state index contributed by atoms with van der Waals surface area (Å²) in [7, 11) is 0. The monoisotopic (exact) mass is 268 g/mol. The SMILES string of the molecule is Cc1ccc(C(=O)O)c(Nc2ccc3cn[nH]c3c2)n1. The highest BCUT2D eigenvalue weighted by molar-refractivity contribution is 5.94. The van der Waals surface area contributed by atoms with Crippen LogP contribution in [0.2, 0.25) is 0 Å². The van der Waals surface area contributed by atoms with E-state index in [0.29, 0.717) is 5.82 Å². The minimum atomic E-state index is -1.01. The van der Waals surface area contributed by atoms with Crippen LogP contribution < -0.4 is 5.32 Å². The number of aromatic amines is 1. The molecule has 0 saturated heterocycles. The third kappa shape index (κ3) is 2.18. The molecule has 20 heavy (non-hydrogen) atoms. The van der Waals surface area contributed by atoms with Crippen LogP contribution in [0.25, 0.3) is 10.9 Å². The number of rotatable bonds is 3. The van der Waals surface area contributed by atoms with Gasteiger partial charge in [-0.1, -0.05) is 0 Å². The molecule has 0 atom stereocenters. The summed E-state index contributed by atoms with van der Waals surface area (Å²) in [5.74, 6) is -0.681. The number of carbonyl (C=O) groups is 1. The molecule has 0 amide bonds. The van der Waals surface area contributed by atoms with E-state index in [1.165, 1.54) is 0 Å². The number of carboxylic acids is 1. The van der Waals surface area contributed by atoms with E-state index in [0.717, 1.165) is 22.3 Å². The minimum Gasteiger partial charge on any atom is -0.478 e. The Labute approximate surface area is 114 Å². The number of pyridine rings is 1. The number of carboxylic acid groups (broad SMARTS) is 1. The smallest absolute Gasteiger partial charge is 0.339 e. The van der Waals surface area contributed by atoms with Gasteiger partial charge in [0, 0.05) is 16.8 Å². The molecule has 0 saturated carbocycles. The van der Waals surface area contributed by atoms with Crippen molar-refractivity contribution in [1.29, 1.82) is 0 Å². The predicted molar refractivity (Wildman–Crippen MR) is 75.3 cm³/mol. The molecule has 2 aromatic heterocycles. The molecule has 0 aliphatic carbocycles. The van der Waals surface area contributed by atoms with Crippen LogP contribution >= 0.6 is 0 Å². The van der Waals surface area contributed by atoms with E-state index < -0.39 is 5.97 Å². The first-order valence-corrected chi connectivity index (χ1v) is 6.04. The molecule has 1 aromatic carbocycles. The molecular formula is C14H12N4O2. The summed E-state index contributed by atoms with van der Waals surface area (Å²) < 4.78 is 0. The first-order valence-electron chi connectivity index (χ1n) is 6.04. The highest BCUT2D eigenvalue weighted by atomic mass is 16.4.